The first-order chi connectivity index (χ1) is 7.83. The van der Waals surface area contributed by atoms with E-state index < -0.39 is 0 Å². The molecule has 0 N–H and O–H groups in total. The molecule has 1 saturated heterocycles. The van der Waals surface area contributed by atoms with Gasteiger partial charge in [-0.2, -0.15) is 0 Å². The highest BCUT2D eigenvalue weighted by molar-refractivity contribution is 5.69. The van der Waals surface area contributed by atoms with E-state index in [0.717, 1.165) is 19.3 Å². The van der Waals surface area contributed by atoms with Gasteiger partial charge in [-0.25, -0.2) is 0 Å². The van der Waals surface area contributed by atoms with Crippen LogP contribution in [0.4, 0.5) is 0 Å². The Labute approximate surface area is 99.8 Å². The number of esters is 1. The van der Waals surface area contributed by atoms with Crippen LogP contribution < -0.4 is 0 Å². The van der Waals surface area contributed by atoms with E-state index in [1.165, 1.54) is 44.9 Å². The summed E-state index contributed by atoms with van der Waals surface area (Å²) in [5, 5.41) is 0. The lowest BCUT2D eigenvalue weighted by atomic mass is 10.0. The number of carbonyl (C=O) groups excluding carboxylic acids is 1. The van der Waals surface area contributed by atoms with E-state index in [0.29, 0.717) is 6.42 Å². The first kappa shape index (κ1) is 13.5. The summed E-state index contributed by atoms with van der Waals surface area (Å²) in [5.41, 5.74) is 0. The van der Waals surface area contributed by atoms with E-state index in [9.17, 15) is 4.79 Å². The molecule has 0 saturated carbocycles. The molecule has 1 fully saturated rings. The molecule has 1 heterocycles. The van der Waals surface area contributed by atoms with Gasteiger partial charge in [-0.3, -0.25) is 4.79 Å². The molecule has 1 aliphatic heterocycles. The standard InChI is InChI=1S/C14H26O2/c1-2-3-7-10-13-11-8-5-4-6-9-12-14(15)16-13/h13H,2-12H2,1H3. The molecule has 1 atom stereocenters. The number of carbonyl (C=O) groups is 1. The number of rotatable bonds is 4. The molecule has 2 nitrogen and oxygen atoms in total. The lowest BCUT2D eigenvalue weighted by Crippen LogP contribution is -2.19. The van der Waals surface area contributed by atoms with Gasteiger partial charge in [0.05, 0.1) is 0 Å². The van der Waals surface area contributed by atoms with Crippen molar-refractivity contribution >= 4 is 5.97 Å². The molecule has 1 aliphatic rings. The van der Waals surface area contributed by atoms with Crippen molar-refractivity contribution in [1.82, 2.24) is 0 Å². The van der Waals surface area contributed by atoms with E-state index in [1.807, 2.05) is 0 Å². The zero-order valence-electron chi connectivity index (χ0n) is 10.7. The van der Waals surface area contributed by atoms with Gasteiger partial charge >= 0.3 is 5.97 Å². The van der Waals surface area contributed by atoms with Crippen molar-refractivity contribution in [2.45, 2.75) is 83.7 Å². The first-order valence-corrected chi connectivity index (χ1v) is 7.02. The van der Waals surface area contributed by atoms with E-state index in [-0.39, 0.29) is 12.1 Å². The van der Waals surface area contributed by atoms with Crippen LogP contribution in [0.25, 0.3) is 0 Å². The quantitative estimate of drug-likeness (QED) is 0.530. The Kier molecular flexibility index (Phi) is 7.28. The van der Waals surface area contributed by atoms with Gasteiger partial charge in [0.15, 0.2) is 0 Å². The Hall–Kier alpha value is -0.530. The fourth-order valence-corrected chi connectivity index (χ4v) is 2.30. The smallest absolute Gasteiger partial charge is 0.306 e. The molecule has 1 unspecified atom stereocenters. The number of cyclic esters (lactones) is 1. The molecule has 1 rings (SSSR count). The summed E-state index contributed by atoms with van der Waals surface area (Å²) in [6, 6.07) is 0. The third-order valence-corrected chi connectivity index (χ3v) is 3.33. The fraction of sp³-hybridized carbons (Fsp3) is 0.929. The average molecular weight is 226 g/mol. The molecule has 0 aromatic heterocycles. The SMILES string of the molecule is CCCCCC1CCCCCCCC(=O)O1. The van der Waals surface area contributed by atoms with Gasteiger partial charge in [0, 0.05) is 6.42 Å². The molecular weight excluding hydrogens is 200 g/mol. The van der Waals surface area contributed by atoms with Crippen molar-refractivity contribution in [2.24, 2.45) is 0 Å². The van der Waals surface area contributed by atoms with Crippen molar-refractivity contribution in [3.63, 3.8) is 0 Å². The van der Waals surface area contributed by atoms with E-state index in [2.05, 4.69) is 6.92 Å². The van der Waals surface area contributed by atoms with Crippen LogP contribution in [-0.4, -0.2) is 12.1 Å². The zero-order valence-corrected chi connectivity index (χ0v) is 10.7. The van der Waals surface area contributed by atoms with Crippen LogP contribution in [0, 0.1) is 0 Å². The van der Waals surface area contributed by atoms with E-state index in [4.69, 9.17) is 4.74 Å². The van der Waals surface area contributed by atoms with Gasteiger partial charge in [-0.15, -0.1) is 0 Å². The third kappa shape index (κ3) is 6.14. The van der Waals surface area contributed by atoms with Gasteiger partial charge in [0.25, 0.3) is 0 Å². The van der Waals surface area contributed by atoms with Gasteiger partial charge in [0.1, 0.15) is 6.10 Å². The second-order valence-electron chi connectivity index (χ2n) is 4.91. The summed E-state index contributed by atoms with van der Waals surface area (Å²) in [5.74, 6) is 0.0309. The third-order valence-electron chi connectivity index (χ3n) is 3.33. The molecule has 2 heteroatoms. The maximum Gasteiger partial charge on any atom is 0.306 e. The fourth-order valence-electron chi connectivity index (χ4n) is 2.30. The highest BCUT2D eigenvalue weighted by Gasteiger charge is 2.14. The average Bonchev–Trinajstić information content (AvgIpc) is 2.28. The van der Waals surface area contributed by atoms with Gasteiger partial charge in [0.2, 0.25) is 0 Å². The number of hydrogen-bond acceptors (Lipinski definition) is 2. The van der Waals surface area contributed by atoms with E-state index in [1.54, 1.807) is 0 Å². The minimum Gasteiger partial charge on any atom is -0.462 e. The van der Waals surface area contributed by atoms with Crippen LogP contribution in [0.5, 0.6) is 0 Å². The molecule has 0 bridgehead atoms. The van der Waals surface area contributed by atoms with Crippen molar-refractivity contribution < 1.29 is 9.53 Å². The summed E-state index contributed by atoms with van der Waals surface area (Å²) in [6.07, 6.45) is 12.7. The second kappa shape index (κ2) is 8.60. The van der Waals surface area contributed by atoms with Crippen LogP contribution in [0.1, 0.15) is 77.6 Å². The monoisotopic (exact) mass is 226 g/mol. The minimum absolute atomic E-state index is 0.0309. The Morgan fingerprint density at radius 1 is 1.12 bits per heavy atom. The molecular formula is C14H26O2. The maximum absolute atomic E-state index is 11.5. The van der Waals surface area contributed by atoms with Crippen molar-refractivity contribution in [2.75, 3.05) is 0 Å². The van der Waals surface area contributed by atoms with Gasteiger partial charge in [-0.05, 0) is 32.1 Å². The zero-order chi connectivity index (χ0) is 11.6. The highest BCUT2D eigenvalue weighted by atomic mass is 16.5. The van der Waals surface area contributed by atoms with Gasteiger partial charge in [-0.1, -0.05) is 39.0 Å². The molecule has 16 heavy (non-hydrogen) atoms. The minimum atomic E-state index is 0.0309. The summed E-state index contributed by atoms with van der Waals surface area (Å²) in [4.78, 5) is 11.5. The molecule has 0 aromatic rings. The molecule has 0 amide bonds. The number of hydrogen-bond donors (Lipinski definition) is 0. The van der Waals surface area contributed by atoms with Crippen molar-refractivity contribution in [3.8, 4) is 0 Å². The molecule has 0 aromatic carbocycles. The van der Waals surface area contributed by atoms with Crippen LogP contribution >= 0.6 is 0 Å². The number of unbranched alkanes of at least 4 members (excludes halogenated alkanes) is 2. The molecule has 0 aliphatic carbocycles. The Morgan fingerprint density at radius 2 is 1.88 bits per heavy atom. The lowest BCUT2D eigenvalue weighted by Gasteiger charge is -2.19. The Balaban J connectivity index is 2.28. The molecule has 0 spiro atoms. The summed E-state index contributed by atoms with van der Waals surface area (Å²) in [7, 11) is 0. The van der Waals surface area contributed by atoms with Crippen LogP contribution in [0.15, 0.2) is 0 Å². The lowest BCUT2D eigenvalue weighted by molar-refractivity contribution is -0.150. The topological polar surface area (TPSA) is 26.3 Å². The van der Waals surface area contributed by atoms with Crippen molar-refractivity contribution in [3.05, 3.63) is 0 Å². The largest absolute Gasteiger partial charge is 0.462 e. The van der Waals surface area contributed by atoms with E-state index >= 15 is 0 Å². The van der Waals surface area contributed by atoms with Crippen LogP contribution in [0.3, 0.4) is 0 Å². The van der Waals surface area contributed by atoms with Gasteiger partial charge < -0.3 is 4.74 Å². The first-order valence-electron chi connectivity index (χ1n) is 7.02. The Morgan fingerprint density at radius 3 is 2.69 bits per heavy atom. The van der Waals surface area contributed by atoms with Crippen LogP contribution in [-0.2, 0) is 9.53 Å². The maximum atomic E-state index is 11.5. The predicted molar refractivity (Wildman–Crippen MR) is 66.3 cm³/mol. The van der Waals surface area contributed by atoms with Crippen molar-refractivity contribution in [1.29, 1.82) is 0 Å². The molecule has 0 radical (unpaired) electrons. The summed E-state index contributed by atoms with van der Waals surface area (Å²) < 4.78 is 5.53. The summed E-state index contributed by atoms with van der Waals surface area (Å²) in [6.45, 7) is 2.21. The second-order valence-corrected chi connectivity index (χ2v) is 4.91. The van der Waals surface area contributed by atoms with Crippen LogP contribution in [0.2, 0.25) is 0 Å². The molecule has 94 valence electrons. The highest BCUT2D eigenvalue weighted by Crippen LogP contribution is 2.18. The Bertz CT molecular complexity index is 187. The number of ether oxygens (including phenoxy) is 1. The predicted octanol–water partition coefficient (Wildman–Crippen LogP) is 4.22. The normalized spacial score (nSPS) is 23.8. The summed E-state index contributed by atoms with van der Waals surface area (Å²) >= 11 is 0.